The van der Waals surface area contributed by atoms with Crippen LogP contribution in [0.1, 0.15) is 0 Å². The summed E-state index contributed by atoms with van der Waals surface area (Å²) in [6.07, 6.45) is 0. The van der Waals surface area contributed by atoms with Gasteiger partial charge in [0.15, 0.2) is 11.5 Å². The number of phenolic OH excluding ortho intramolecular Hbond substituents is 1. The third-order valence-corrected chi connectivity index (χ3v) is 3.13. The summed E-state index contributed by atoms with van der Waals surface area (Å²) in [6, 6.07) is 10.5. The number of hydrogen-bond acceptors (Lipinski definition) is 3. The standard InChI is InChI=1S/C13H11F3O2S/c14-13(15,16)19-6-5-18-12-8-10-4-2-1-3-9(10)7-11(12)17/h1-4,7-8,17H,5-6H2. The lowest BCUT2D eigenvalue weighted by molar-refractivity contribution is -0.0329. The molecule has 0 atom stereocenters. The average Bonchev–Trinajstić information content (AvgIpc) is 2.33. The maximum absolute atomic E-state index is 11.9. The molecule has 0 heterocycles. The van der Waals surface area contributed by atoms with Gasteiger partial charge in [-0.25, -0.2) is 0 Å². The molecule has 2 aromatic carbocycles. The number of rotatable bonds is 4. The smallest absolute Gasteiger partial charge is 0.441 e. The third kappa shape index (κ3) is 3.96. The van der Waals surface area contributed by atoms with Crippen molar-refractivity contribution in [2.75, 3.05) is 12.4 Å². The first-order valence-corrected chi connectivity index (χ1v) is 6.49. The molecule has 0 saturated carbocycles. The van der Waals surface area contributed by atoms with E-state index in [1.165, 1.54) is 6.07 Å². The summed E-state index contributed by atoms with van der Waals surface area (Å²) in [6.45, 7) is -0.115. The third-order valence-electron chi connectivity index (χ3n) is 2.43. The molecule has 0 unspecified atom stereocenters. The van der Waals surface area contributed by atoms with Gasteiger partial charge < -0.3 is 9.84 Å². The Morgan fingerprint density at radius 3 is 2.37 bits per heavy atom. The summed E-state index contributed by atoms with van der Waals surface area (Å²) in [4.78, 5) is 0. The van der Waals surface area contributed by atoms with E-state index in [2.05, 4.69) is 0 Å². The second-order valence-electron chi connectivity index (χ2n) is 3.81. The Balaban J connectivity index is 2.02. The summed E-state index contributed by atoms with van der Waals surface area (Å²) >= 11 is -0.144. The number of hydrogen-bond donors (Lipinski definition) is 1. The molecule has 102 valence electrons. The van der Waals surface area contributed by atoms with E-state index >= 15 is 0 Å². The second kappa shape index (κ2) is 5.61. The van der Waals surface area contributed by atoms with E-state index in [9.17, 15) is 18.3 Å². The van der Waals surface area contributed by atoms with Gasteiger partial charge >= 0.3 is 5.51 Å². The van der Waals surface area contributed by atoms with E-state index < -0.39 is 5.51 Å². The van der Waals surface area contributed by atoms with Crippen LogP contribution in [0.15, 0.2) is 36.4 Å². The van der Waals surface area contributed by atoms with E-state index in [0.29, 0.717) is 0 Å². The Morgan fingerprint density at radius 2 is 1.74 bits per heavy atom. The highest BCUT2D eigenvalue weighted by atomic mass is 32.2. The molecule has 0 aliphatic carbocycles. The zero-order valence-electron chi connectivity index (χ0n) is 9.78. The molecule has 0 aliphatic heterocycles. The summed E-state index contributed by atoms with van der Waals surface area (Å²) in [5.41, 5.74) is -4.26. The first kappa shape index (κ1) is 13.9. The van der Waals surface area contributed by atoms with Crippen molar-refractivity contribution in [3.63, 3.8) is 0 Å². The molecule has 0 fully saturated rings. The van der Waals surface area contributed by atoms with E-state index in [4.69, 9.17) is 4.74 Å². The second-order valence-corrected chi connectivity index (χ2v) is 4.97. The van der Waals surface area contributed by atoms with Gasteiger partial charge in [-0.15, -0.1) is 0 Å². The van der Waals surface area contributed by atoms with Gasteiger partial charge in [-0.05, 0) is 34.7 Å². The number of alkyl halides is 3. The van der Waals surface area contributed by atoms with Crippen LogP contribution in [-0.4, -0.2) is 23.0 Å². The van der Waals surface area contributed by atoms with Gasteiger partial charge in [-0.1, -0.05) is 24.3 Å². The molecule has 0 saturated heterocycles. The minimum atomic E-state index is -4.26. The highest BCUT2D eigenvalue weighted by molar-refractivity contribution is 8.00. The van der Waals surface area contributed by atoms with Crippen molar-refractivity contribution in [3.05, 3.63) is 36.4 Å². The Hall–Kier alpha value is -1.56. The first-order valence-electron chi connectivity index (χ1n) is 5.51. The zero-order chi connectivity index (χ0) is 13.9. The summed E-state index contributed by atoms with van der Waals surface area (Å²) in [7, 11) is 0. The Labute approximate surface area is 112 Å². The van der Waals surface area contributed by atoms with Gasteiger partial charge in [0.25, 0.3) is 0 Å². The molecule has 6 heteroatoms. The maximum Gasteiger partial charge on any atom is 0.441 e. The van der Waals surface area contributed by atoms with Gasteiger partial charge in [0.1, 0.15) is 0 Å². The van der Waals surface area contributed by atoms with Crippen LogP contribution in [0.5, 0.6) is 11.5 Å². The lowest BCUT2D eigenvalue weighted by Gasteiger charge is -2.10. The molecule has 19 heavy (non-hydrogen) atoms. The summed E-state index contributed by atoms with van der Waals surface area (Å²) in [5, 5.41) is 11.4. The van der Waals surface area contributed by atoms with Crippen LogP contribution in [0.3, 0.4) is 0 Å². The van der Waals surface area contributed by atoms with Gasteiger partial charge in [0.05, 0.1) is 6.61 Å². The van der Waals surface area contributed by atoms with Crippen molar-refractivity contribution in [1.29, 1.82) is 0 Å². The van der Waals surface area contributed by atoms with E-state index in [0.717, 1.165) is 10.8 Å². The SMILES string of the molecule is Oc1cc2ccccc2cc1OCCSC(F)(F)F. The number of halogens is 3. The van der Waals surface area contributed by atoms with E-state index in [1.54, 1.807) is 6.07 Å². The van der Waals surface area contributed by atoms with E-state index in [-0.39, 0.29) is 35.6 Å². The summed E-state index contributed by atoms with van der Waals surface area (Å²) < 4.78 is 41.0. The largest absolute Gasteiger partial charge is 0.504 e. The molecule has 2 nitrogen and oxygen atoms in total. The number of ether oxygens (including phenoxy) is 1. The molecule has 0 aromatic heterocycles. The number of aromatic hydroxyl groups is 1. The van der Waals surface area contributed by atoms with Crippen molar-refractivity contribution in [1.82, 2.24) is 0 Å². The van der Waals surface area contributed by atoms with Crippen molar-refractivity contribution < 1.29 is 23.0 Å². The van der Waals surface area contributed by atoms with Crippen molar-refractivity contribution in [2.24, 2.45) is 0 Å². The number of fused-ring (bicyclic) bond motifs is 1. The number of phenols is 1. The van der Waals surface area contributed by atoms with Gasteiger partial charge in [0.2, 0.25) is 0 Å². The van der Waals surface area contributed by atoms with E-state index in [1.807, 2.05) is 24.3 Å². The van der Waals surface area contributed by atoms with Crippen LogP contribution >= 0.6 is 11.8 Å². The lowest BCUT2D eigenvalue weighted by Crippen LogP contribution is -2.07. The molecule has 2 rings (SSSR count). The quantitative estimate of drug-likeness (QED) is 0.856. The predicted molar refractivity (Wildman–Crippen MR) is 69.6 cm³/mol. The molecular formula is C13H11F3O2S. The highest BCUT2D eigenvalue weighted by Gasteiger charge is 2.27. The van der Waals surface area contributed by atoms with Crippen LogP contribution in [0.25, 0.3) is 10.8 Å². The van der Waals surface area contributed by atoms with Crippen molar-refractivity contribution in [2.45, 2.75) is 5.51 Å². The molecule has 2 aromatic rings. The average molecular weight is 288 g/mol. The normalized spacial score (nSPS) is 11.7. The minimum Gasteiger partial charge on any atom is -0.504 e. The minimum absolute atomic E-state index is 0.0734. The topological polar surface area (TPSA) is 29.5 Å². The highest BCUT2D eigenvalue weighted by Crippen LogP contribution is 2.33. The Kier molecular flexibility index (Phi) is 4.09. The molecule has 0 bridgehead atoms. The molecule has 0 aliphatic rings. The Morgan fingerprint density at radius 1 is 1.11 bits per heavy atom. The maximum atomic E-state index is 11.9. The van der Waals surface area contributed by atoms with Gasteiger partial charge in [0, 0.05) is 5.75 Å². The fraction of sp³-hybridized carbons (Fsp3) is 0.231. The monoisotopic (exact) mass is 288 g/mol. The molecule has 1 N–H and O–H groups in total. The van der Waals surface area contributed by atoms with Crippen LogP contribution in [0.2, 0.25) is 0 Å². The molecule has 0 amide bonds. The fourth-order valence-corrected chi connectivity index (χ4v) is 2.03. The van der Waals surface area contributed by atoms with Crippen LogP contribution in [0, 0.1) is 0 Å². The van der Waals surface area contributed by atoms with Crippen LogP contribution < -0.4 is 4.74 Å². The number of benzene rings is 2. The lowest BCUT2D eigenvalue weighted by atomic mass is 10.1. The summed E-state index contributed by atoms with van der Waals surface area (Å²) in [5.74, 6) is -0.0901. The van der Waals surface area contributed by atoms with Gasteiger partial charge in [-0.3, -0.25) is 0 Å². The molecule has 0 spiro atoms. The van der Waals surface area contributed by atoms with Gasteiger partial charge in [-0.2, -0.15) is 13.2 Å². The molecule has 0 radical (unpaired) electrons. The fourth-order valence-electron chi connectivity index (χ4n) is 1.63. The van der Waals surface area contributed by atoms with Crippen LogP contribution in [-0.2, 0) is 0 Å². The van der Waals surface area contributed by atoms with Crippen molar-refractivity contribution >= 4 is 22.5 Å². The Bertz CT molecular complexity index is 569. The van der Waals surface area contributed by atoms with Crippen molar-refractivity contribution in [3.8, 4) is 11.5 Å². The van der Waals surface area contributed by atoms with Crippen LogP contribution in [0.4, 0.5) is 13.2 Å². The predicted octanol–water partition coefficient (Wildman–Crippen LogP) is 4.18. The molecular weight excluding hydrogens is 277 g/mol. The number of thioether (sulfide) groups is 1. The first-order chi connectivity index (χ1) is 8.96. The zero-order valence-corrected chi connectivity index (χ0v) is 10.6.